The van der Waals surface area contributed by atoms with E-state index in [0.29, 0.717) is 21.6 Å². The molecule has 0 spiro atoms. The van der Waals surface area contributed by atoms with Crippen molar-refractivity contribution in [1.82, 2.24) is 15.8 Å². The fourth-order valence-corrected chi connectivity index (χ4v) is 1.42. The van der Waals surface area contributed by atoms with Crippen LogP contribution in [0.5, 0.6) is 0 Å². The van der Waals surface area contributed by atoms with Crippen molar-refractivity contribution in [3.05, 3.63) is 30.3 Å². The molecular formula is C14H20N6S2. The standard InChI is InChI=1S/C14H20N6S2/c1-10(11(2)17-19-14(22)20(3)4)16-18-13(21)15-12-8-6-5-7-9-12/h5-9H,1-4H3,(H,19,22)(H2,15,18,21)/b16-10+,17-11+. The van der Waals surface area contributed by atoms with Gasteiger partial charge in [-0.3, -0.25) is 10.9 Å². The van der Waals surface area contributed by atoms with Crippen LogP contribution in [0.25, 0.3) is 0 Å². The molecule has 118 valence electrons. The summed E-state index contributed by atoms with van der Waals surface area (Å²) in [5.74, 6) is 0. The van der Waals surface area contributed by atoms with E-state index in [4.69, 9.17) is 24.4 Å². The molecule has 1 aromatic carbocycles. The summed E-state index contributed by atoms with van der Waals surface area (Å²) in [5, 5.41) is 12.3. The molecule has 22 heavy (non-hydrogen) atoms. The predicted molar refractivity (Wildman–Crippen MR) is 101 cm³/mol. The molecule has 1 aromatic rings. The first-order chi connectivity index (χ1) is 10.4. The molecule has 1 rings (SSSR count). The van der Waals surface area contributed by atoms with Gasteiger partial charge in [-0.1, -0.05) is 18.2 Å². The Balaban J connectivity index is 2.52. The Morgan fingerprint density at radius 3 is 2.05 bits per heavy atom. The monoisotopic (exact) mass is 336 g/mol. The Hall–Kier alpha value is -2.06. The zero-order chi connectivity index (χ0) is 16.5. The van der Waals surface area contributed by atoms with Gasteiger partial charge in [-0.2, -0.15) is 10.2 Å². The third kappa shape index (κ3) is 6.59. The third-order valence-corrected chi connectivity index (χ3v) is 3.26. The van der Waals surface area contributed by atoms with Crippen molar-refractivity contribution in [1.29, 1.82) is 0 Å². The first-order valence-electron chi connectivity index (χ1n) is 6.58. The van der Waals surface area contributed by atoms with Gasteiger partial charge in [-0.15, -0.1) is 0 Å². The maximum absolute atomic E-state index is 5.17. The van der Waals surface area contributed by atoms with E-state index < -0.39 is 0 Å². The highest BCUT2D eigenvalue weighted by atomic mass is 32.1. The lowest BCUT2D eigenvalue weighted by molar-refractivity contribution is 0.606. The molecule has 6 nitrogen and oxygen atoms in total. The van der Waals surface area contributed by atoms with Gasteiger partial charge in [0, 0.05) is 19.8 Å². The lowest BCUT2D eigenvalue weighted by Gasteiger charge is -2.12. The molecular weight excluding hydrogens is 316 g/mol. The Bertz CT molecular complexity index is 580. The van der Waals surface area contributed by atoms with E-state index in [1.165, 1.54) is 0 Å². The molecule has 0 aliphatic rings. The summed E-state index contributed by atoms with van der Waals surface area (Å²) in [6.45, 7) is 3.66. The van der Waals surface area contributed by atoms with Crippen LogP contribution in [-0.2, 0) is 0 Å². The Morgan fingerprint density at radius 2 is 1.50 bits per heavy atom. The van der Waals surface area contributed by atoms with Crippen molar-refractivity contribution < 1.29 is 0 Å². The average Bonchev–Trinajstić information content (AvgIpc) is 2.50. The van der Waals surface area contributed by atoms with Gasteiger partial charge in [0.2, 0.25) is 0 Å². The number of para-hydroxylation sites is 1. The van der Waals surface area contributed by atoms with E-state index in [1.54, 1.807) is 4.90 Å². The van der Waals surface area contributed by atoms with E-state index in [1.807, 2.05) is 58.3 Å². The van der Waals surface area contributed by atoms with Crippen LogP contribution >= 0.6 is 24.4 Å². The molecule has 0 aliphatic heterocycles. The molecule has 0 heterocycles. The predicted octanol–water partition coefficient (Wildman–Crippen LogP) is 2.16. The number of hydrogen-bond donors (Lipinski definition) is 3. The topological polar surface area (TPSA) is 64.0 Å². The Morgan fingerprint density at radius 1 is 0.955 bits per heavy atom. The van der Waals surface area contributed by atoms with Crippen molar-refractivity contribution in [2.75, 3.05) is 19.4 Å². The second-order valence-electron chi connectivity index (χ2n) is 4.64. The van der Waals surface area contributed by atoms with Gasteiger partial charge < -0.3 is 10.2 Å². The van der Waals surface area contributed by atoms with Gasteiger partial charge in [0.25, 0.3) is 0 Å². The minimum absolute atomic E-state index is 0.412. The molecule has 0 aliphatic carbocycles. The van der Waals surface area contributed by atoms with Gasteiger partial charge >= 0.3 is 0 Å². The zero-order valence-corrected chi connectivity index (χ0v) is 14.7. The van der Waals surface area contributed by atoms with Crippen LogP contribution in [-0.4, -0.2) is 40.6 Å². The molecule has 3 N–H and O–H groups in total. The summed E-state index contributed by atoms with van der Waals surface area (Å²) in [4.78, 5) is 1.76. The molecule has 8 heteroatoms. The van der Waals surface area contributed by atoms with Crippen LogP contribution < -0.4 is 16.2 Å². The fraction of sp³-hybridized carbons (Fsp3) is 0.286. The summed E-state index contributed by atoms with van der Waals surface area (Å²) < 4.78 is 0. The summed E-state index contributed by atoms with van der Waals surface area (Å²) in [6, 6.07) is 9.63. The van der Waals surface area contributed by atoms with Crippen LogP contribution in [0.1, 0.15) is 13.8 Å². The normalized spacial score (nSPS) is 11.6. The molecule has 0 aromatic heterocycles. The second-order valence-corrected chi connectivity index (χ2v) is 5.43. The van der Waals surface area contributed by atoms with Crippen LogP contribution in [0, 0.1) is 0 Å². The van der Waals surface area contributed by atoms with E-state index in [0.717, 1.165) is 5.69 Å². The quantitative estimate of drug-likeness (QED) is 0.445. The smallest absolute Gasteiger partial charge is 0.191 e. The largest absolute Gasteiger partial charge is 0.354 e. The Labute approximate surface area is 141 Å². The summed E-state index contributed by atoms with van der Waals surface area (Å²) in [6.07, 6.45) is 0. The summed E-state index contributed by atoms with van der Waals surface area (Å²) in [5.41, 5.74) is 7.86. The zero-order valence-electron chi connectivity index (χ0n) is 13.0. The lowest BCUT2D eigenvalue weighted by Crippen LogP contribution is -2.32. The van der Waals surface area contributed by atoms with Crippen molar-refractivity contribution in [2.24, 2.45) is 10.2 Å². The van der Waals surface area contributed by atoms with Crippen LogP contribution in [0.3, 0.4) is 0 Å². The lowest BCUT2D eigenvalue weighted by atomic mass is 10.3. The van der Waals surface area contributed by atoms with Crippen LogP contribution in [0.15, 0.2) is 40.5 Å². The molecule has 0 saturated heterocycles. The minimum Gasteiger partial charge on any atom is -0.354 e. The number of nitrogens with zero attached hydrogens (tertiary/aromatic N) is 3. The fourth-order valence-electron chi connectivity index (χ4n) is 1.21. The van der Waals surface area contributed by atoms with Gasteiger partial charge in [0.05, 0.1) is 11.4 Å². The molecule has 0 amide bonds. The van der Waals surface area contributed by atoms with Gasteiger partial charge in [-0.05, 0) is 50.4 Å². The summed E-state index contributed by atoms with van der Waals surface area (Å²) in [7, 11) is 3.69. The van der Waals surface area contributed by atoms with Crippen molar-refractivity contribution >= 4 is 51.8 Å². The van der Waals surface area contributed by atoms with Gasteiger partial charge in [0.1, 0.15) is 0 Å². The SMILES string of the molecule is CC(=N\NC(=S)Nc1ccccc1)/C(C)=N/NC(=S)N(C)C. The third-order valence-electron chi connectivity index (χ3n) is 2.61. The van der Waals surface area contributed by atoms with Crippen LogP contribution in [0.2, 0.25) is 0 Å². The molecule has 0 atom stereocenters. The Kier molecular flexibility index (Phi) is 7.41. The number of rotatable bonds is 4. The van der Waals surface area contributed by atoms with E-state index >= 15 is 0 Å². The minimum atomic E-state index is 0.412. The number of hydrogen-bond acceptors (Lipinski definition) is 4. The van der Waals surface area contributed by atoms with E-state index in [-0.39, 0.29) is 0 Å². The first-order valence-corrected chi connectivity index (χ1v) is 7.40. The van der Waals surface area contributed by atoms with Crippen molar-refractivity contribution in [3.63, 3.8) is 0 Å². The number of benzene rings is 1. The van der Waals surface area contributed by atoms with Crippen LogP contribution in [0.4, 0.5) is 5.69 Å². The molecule has 0 fully saturated rings. The van der Waals surface area contributed by atoms with Gasteiger partial charge in [-0.25, -0.2) is 0 Å². The second kappa shape index (κ2) is 9.06. The van der Waals surface area contributed by atoms with Crippen molar-refractivity contribution in [2.45, 2.75) is 13.8 Å². The summed E-state index contributed by atoms with van der Waals surface area (Å²) >= 11 is 10.3. The molecule has 0 radical (unpaired) electrons. The van der Waals surface area contributed by atoms with Gasteiger partial charge in [0.15, 0.2) is 10.2 Å². The molecule has 0 bridgehead atoms. The highest BCUT2D eigenvalue weighted by Crippen LogP contribution is 2.04. The highest BCUT2D eigenvalue weighted by molar-refractivity contribution is 7.80. The number of thiocarbonyl (C=S) groups is 2. The number of nitrogens with one attached hydrogen (secondary N) is 3. The maximum Gasteiger partial charge on any atom is 0.191 e. The first kappa shape index (κ1) is 18.0. The van der Waals surface area contributed by atoms with E-state index in [2.05, 4.69) is 26.4 Å². The maximum atomic E-state index is 5.17. The molecule has 0 saturated carbocycles. The number of hydrazone groups is 2. The average molecular weight is 336 g/mol. The van der Waals surface area contributed by atoms with Crippen molar-refractivity contribution in [3.8, 4) is 0 Å². The highest BCUT2D eigenvalue weighted by Gasteiger charge is 2.01. The van der Waals surface area contributed by atoms with E-state index in [9.17, 15) is 0 Å². The molecule has 0 unspecified atom stereocenters. The number of anilines is 1.